The molecule has 4 N–H and O–H groups in total. The highest BCUT2D eigenvalue weighted by molar-refractivity contribution is 5.76. The van der Waals surface area contributed by atoms with E-state index in [1.54, 1.807) is 6.92 Å². The highest BCUT2D eigenvalue weighted by atomic mass is 16.5. The SMILES string of the molecule is CC(O)C(N)CNC(=O)CCOc1ccccc1. The summed E-state index contributed by atoms with van der Waals surface area (Å²) in [5.74, 6) is 0.605. The highest BCUT2D eigenvalue weighted by Gasteiger charge is 2.10. The Morgan fingerprint density at radius 1 is 1.44 bits per heavy atom. The number of carbonyl (C=O) groups is 1. The average Bonchev–Trinajstić information content (AvgIpc) is 2.37. The van der Waals surface area contributed by atoms with Gasteiger partial charge >= 0.3 is 0 Å². The van der Waals surface area contributed by atoms with E-state index in [0.717, 1.165) is 5.75 Å². The number of benzene rings is 1. The number of carbonyl (C=O) groups excluding carboxylic acids is 1. The number of aliphatic hydroxyl groups excluding tert-OH is 1. The summed E-state index contributed by atoms with van der Waals surface area (Å²) in [7, 11) is 0. The van der Waals surface area contributed by atoms with Crippen LogP contribution in [-0.4, -0.2) is 36.3 Å². The van der Waals surface area contributed by atoms with Crippen molar-refractivity contribution in [2.24, 2.45) is 5.73 Å². The van der Waals surface area contributed by atoms with E-state index in [1.165, 1.54) is 0 Å². The average molecular weight is 252 g/mol. The van der Waals surface area contributed by atoms with Gasteiger partial charge in [0.2, 0.25) is 5.91 Å². The lowest BCUT2D eigenvalue weighted by molar-refractivity contribution is -0.121. The molecule has 0 aromatic heterocycles. The Morgan fingerprint density at radius 2 is 2.11 bits per heavy atom. The molecule has 1 aromatic rings. The van der Waals surface area contributed by atoms with Crippen LogP contribution in [0.25, 0.3) is 0 Å². The molecular weight excluding hydrogens is 232 g/mol. The molecule has 0 saturated carbocycles. The summed E-state index contributed by atoms with van der Waals surface area (Å²) >= 11 is 0. The zero-order valence-corrected chi connectivity index (χ0v) is 10.5. The number of ether oxygens (including phenoxy) is 1. The van der Waals surface area contributed by atoms with Crippen molar-refractivity contribution in [3.63, 3.8) is 0 Å². The third-order valence-corrected chi connectivity index (χ3v) is 2.50. The Morgan fingerprint density at radius 3 is 2.72 bits per heavy atom. The Hall–Kier alpha value is -1.59. The van der Waals surface area contributed by atoms with Crippen molar-refractivity contribution in [3.8, 4) is 5.75 Å². The van der Waals surface area contributed by atoms with E-state index in [2.05, 4.69) is 5.32 Å². The Balaban J connectivity index is 2.14. The molecule has 2 unspecified atom stereocenters. The number of hydrogen-bond donors (Lipinski definition) is 3. The molecule has 0 bridgehead atoms. The summed E-state index contributed by atoms with van der Waals surface area (Å²) in [5, 5.41) is 11.8. The summed E-state index contributed by atoms with van der Waals surface area (Å²) < 4.78 is 5.39. The van der Waals surface area contributed by atoms with Gasteiger partial charge in [-0.2, -0.15) is 0 Å². The summed E-state index contributed by atoms with van der Waals surface area (Å²) in [5.41, 5.74) is 5.59. The topological polar surface area (TPSA) is 84.6 Å². The van der Waals surface area contributed by atoms with Crippen LogP contribution in [0.3, 0.4) is 0 Å². The summed E-state index contributed by atoms with van der Waals surface area (Å²) in [6.45, 7) is 2.18. The van der Waals surface area contributed by atoms with Gasteiger partial charge in [0.05, 0.1) is 19.1 Å². The molecule has 1 aromatic carbocycles. The van der Waals surface area contributed by atoms with E-state index in [1.807, 2.05) is 30.3 Å². The van der Waals surface area contributed by atoms with E-state index < -0.39 is 12.1 Å². The Kier molecular flexibility index (Phi) is 6.18. The normalized spacial score (nSPS) is 13.7. The van der Waals surface area contributed by atoms with E-state index in [4.69, 9.17) is 15.6 Å². The van der Waals surface area contributed by atoms with Crippen LogP contribution in [0.2, 0.25) is 0 Å². The van der Waals surface area contributed by atoms with Crippen molar-refractivity contribution in [1.82, 2.24) is 5.32 Å². The third kappa shape index (κ3) is 5.65. The van der Waals surface area contributed by atoms with Crippen molar-refractivity contribution in [2.45, 2.75) is 25.5 Å². The third-order valence-electron chi connectivity index (χ3n) is 2.50. The molecule has 0 saturated heterocycles. The number of nitrogens with two attached hydrogens (primary N) is 1. The minimum absolute atomic E-state index is 0.137. The number of amides is 1. The standard InChI is InChI=1S/C13H20N2O3/c1-10(16)12(14)9-15-13(17)7-8-18-11-5-3-2-4-6-11/h2-6,10,12,16H,7-9,14H2,1H3,(H,15,17). The number of hydrogen-bond acceptors (Lipinski definition) is 4. The number of aliphatic hydroxyl groups is 1. The second-order valence-electron chi connectivity index (χ2n) is 4.12. The molecule has 0 spiro atoms. The lowest BCUT2D eigenvalue weighted by Crippen LogP contribution is -2.43. The van der Waals surface area contributed by atoms with Crippen molar-refractivity contribution < 1.29 is 14.6 Å². The first kappa shape index (κ1) is 14.5. The molecule has 2 atom stereocenters. The van der Waals surface area contributed by atoms with Crippen LogP contribution in [-0.2, 0) is 4.79 Å². The molecule has 0 aliphatic carbocycles. The highest BCUT2D eigenvalue weighted by Crippen LogP contribution is 2.08. The van der Waals surface area contributed by atoms with Gasteiger partial charge in [0.15, 0.2) is 0 Å². The summed E-state index contributed by atoms with van der Waals surface area (Å²) in [4.78, 5) is 11.4. The van der Waals surface area contributed by atoms with E-state index in [9.17, 15) is 4.79 Å². The van der Waals surface area contributed by atoms with Crippen LogP contribution in [0, 0.1) is 0 Å². The van der Waals surface area contributed by atoms with Crippen LogP contribution < -0.4 is 15.8 Å². The fraction of sp³-hybridized carbons (Fsp3) is 0.462. The lowest BCUT2D eigenvalue weighted by atomic mass is 10.2. The molecular formula is C13H20N2O3. The van der Waals surface area contributed by atoms with Crippen LogP contribution in [0.4, 0.5) is 0 Å². The zero-order valence-electron chi connectivity index (χ0n) is 10.5. The van der Waals surface area contributed by atoms with Gasteiger partial charge in [-0.05, 0) is 19.1 Å². The van der Waals surface area contributed by atoms with E-state index >= 15 is 0 Å². The Labute approximate surface area is 107 Å². The summed E-state index contributed by atoms with van der Waals surface area (Å²) in [6, 6.07) is 8.87. The van der Waals surface area contributed by atoms with Gasteiger partial charge in [0.25, 0.3) is 0 Å². The van der Waals surface area contributed by atoms with Crippen molar-refractivity contribution >= 4 is 5.91 Å². The molecule has 0 radical (unpaired) electrons. The van der Waals surface area contributed by atoms with Gasteiger partial charge in [0, 0.05) is 12.6 Å². The fourth-order valence-corrected chi connectivity index (χ4v) is 1.27. The molecule has 0 heterocycles. The lowest BCUT2D eigenvalue weighted by Gasteiger charge is -2.15. The van der Waals surface area contributed by atoms with E-state index in [0.29, 0.717) is 6.61 Å². The minimum Gasteiger partial charge on any atom is -0.493 e. The van der Waals surface area contributed by atoms with Crippen LogP contribution in [0.5, 0.6) is 5.75 Å². The van der Waals surface area contributed by atoms with Crippen LogP contribution >= 0.6 is 0 Å². The predicted octanol–water partition coefficient (Wildman–Crippen LogP) is 0.280. The smallest absolute Gasteiger partial charge is 0.223 e. The molecule has 0 aliphatic rings. The maximum atomic E-state index is 11.4. The fourth-order valence-electron chi connectivity index (χ4n) is 1.27. The van der Waals surface area contributed by atoms with Crippen molar-refractivity contribution in [2.75, 3.05) is 13.2 Å². The molecule has 5 nitrogen and oxygen atoms in total. The molecule has 0 aliphatic heterocycles. The maximum absolute atomic E-state index is 11.4. The quantitative estimate of drug-likeness (QED) is 0.650. The largest absolute Gasteiger partial charge is 0.493 e. The molecule has 1 amide bonds. The van der Waals surface area contributed by atoms with Crippen molar-refractivity contribution in [1.29, 1.82) is 0 Å². The van der Waals surface area contributed by atoms with Gasteiger partial charge in [-0.15, -0.1) is 0 Å². The van der Waals surface area contributed by atoms with E-state index in [-0.39, 0.29) is 18.9 Å². The second-order valence-corrected chi connectivity index (χ2v) is 4.12. The first-order valence-corrected chi connectivity index (χ1v) is 5.98. The number of rotatable bonds is 7. The predicted molar refractivity (Wildman–Crippen MR) is 69.2 cm³/mol. The van der Waals surface area contributed by atoms with Crippen molar-refractivity contribution in [3.05, 3.63) is 30.3 Å². The maximum Gasteiger partial charge on any atom is 0.223 e. The summed E-state index contributed by atoms with van der Waals surface area (Å²) in [6.07, 6.45) is -0.368. The van der Waals surface area contributed by atoms with Crippen LogP contribution in [0.15, 0.2) is 30.3 Å². The zero-order chi connectivity index (χ0) is 13.4. The second kappa shape index (κ2) is 7.68. The van der Waals surface area contributed by atoms with Gasteiger partial charge in [-0.1, -0.05) is 18.2 Å². The molecule has 5 heteroatoms. The molecule has 1 rings (SSSR count). The van der Waals surface area contributed by atoms with Gasteiger partial charge in [0.1, 0.15) is 5.75 Å². The molecule has 18 heavy (non-hydrogen) atoms. The monoisotopic (exact) mass is 252 g/mol. The first-order valence-electron chi connectivity index (χ1n) is 5.98. The van der Waals surface area contributed by atoms with Gasteiger partial charge in [-0.3, -0.25) is 4.79 Å². The number of para-hydroxylation sites is 1. The molecule has 100 valence electrons. The van der Waals surface area contributed by atoms with Crippen LogP contribution in [0.1, 0.15) is 13.3 Å². The van der Waals surface area contributed by atoms with Gasteiger partial charge in [-0.25, -0.2) is 0 Å². The minimum atomic E-state index is -0.633. The first-order chi connectivity index (χ1) is 8.59. The molecule has 0 fully saturated rings. The number of nitrogens with one attached hydrogen (secondary N) is 1. The Bertz CT molecular complexity index is 355. The van der Waals surface area contributed by atoms with Gasteiger partial charge < -0.3 is 20.9 Å².